The first kappa shape index (κ1) is 17.9. The van der Waals surface area contributed by atoms with Crippen LogP contribution in [-0.4, -0.2) is 24.0 Å². The fraction of sp³-hybridized carbons (Fsp3) is 0.273. The number of guanidine groups is 1. The van der Waals surface area contributed by atoms with Crippen LogP contribution in [0.25, 0.3) is 10.9 Å². The Kier molecular flexibility index (Phi) is 6.59. The standard InChI is InChI=1S/C22H26N4/c1-2-23-22(25-15-8-11-18-9-4-3-5-10-18)26-17-19-14-16-24-21-13-7-6-12-20(19)21/h3-7,9-10,12-14,16H,2,8,11,15,17H2,1H3,(H2,23,25,26). The third-order valence-corrected chi connectivity index (χ3v) is 4.27. The summed E-state index contributed by atoms with van der Waals surface area (Å²) in [6, 6.07) is 20.8. The molecule has 0 saturated heterocycles. The van der Waals surface area contributed by atoms with Crippen molar-refractivity contribution < 1.29 is 0 Å². The molecule has 0 amide bonds. The number of rotatable bonds is 7. The number of hydrogen-bond donors (Lipinski definition) is 2. The first-order valence-corrected chi connectivity index (χ1v) is 9.25. The largest absolute Gasteiger partial charge is 0.357 e. The molecule has 26 heavy (non-hydrogen) atoms. The SMILES string of the molecule is CCNC(=NCc1ccnc2ccccc12)NCCCc1ccccc1. The van der Waals surface area contributed by atoms with Crippen LogP contribution in [0.2, 0.25) is 0 Å². The molecule has 1 heterocycles. The van der Waals surface area contributed by atoms with Crippen molar-refractivity contribution in [2.75, 3.05) is 13.1 Å². The summed E-state index contributed by atoms with van der Waals surface area (Å²) in [7, 11) is 0. The Labute approximate surface area is 155 Å². The van der Waals surface area contributed by atoms with Gasteiger partial charge >= 0.3 is 0 Å². The molecule has 4 nitrogen and oxygen atoms in total. The second kappa shape index (κ2) is 9.56. The highest BCUT2D eigenvalue weighted by molar-refractivity contribution is 5.83. The molecule has 0 bridgehead atoms. The van der Waals surface area contributed by atoms with Crippen molar-refractivity contribution in [2.45, 2.75) is 26.3 Å². The summed E-state index contributed by atoms with van der Waals surface area (Å²) in [5, 5.41) is 7.92. The van der Waals surface area contributed by atoms with Gasteiger partial charge in [-0.25, -0.2) is 4.99 Å². The molecular formula is C22H26N4. The van der Waals surface area contributed by atoms with Crippen molar-refractivity contribution in [3.63, 3.8) is 0 Å². The molecular weight excluding hydrogens is 320 g/mol. The predicted molar refractivity (Wildman–Crippen MR) is 109 cm³/mol. The molecule has 0 spiro atoms. The van der Waals surface area contributed by atoms with Gasteiger partial charge in [-0.15, -0.1) is 0 Å². The maximum atomic E-state index is 4.75. The topological polar surface area (TPSA) is 49.3 Å². The lowest BCUT2D eigenvalue weighted by atomic mass is 10.1. The number of aliphatic imine (C=N–C) groups is 1. The molecule has 0 aliphatic carbocycles. The highest BCUT2D eigenvalue weighted by Crippen LogP contribution is 2.16. The van der Waals surface area contributed by atoms with Crippen LogP contribution in [0.15, 0.2) is 71.9 Å². The lowest BCUT2D eigenvalue weighted by Crippen LogP contribution is -2.37. The molecule has 1 aromatic heterocycles. The molecule has 134 valence electrons. The van der Waals surface area contributed by atoms with Gasteiger partial charge in [0.2, 0.25) is 0 Å². The summed E-state index contributed by atoms with van der Waals surface area (Å²) in [6.45, 7) is 4.47. The van der Waals surface area contributed by atoms with Crippen molar-refractivity contribution in [3.05, 3.63) is 78.0 Å². The zero-order valence-electron chi connectivity index (χ0n) is 15.3. The first-order valence-electron chi connectivity index (χ1n) is 9.25. The van der Waals surface area contributed by atoms with Gasteiger partial charge < -0.3 is 10.6 Å². The van der Waals surface area contributed by atoms with E-state index in [2.05, 4.69) is 58.9 Å². The van der Waals surface area contributed by atoms with E-state index in [9.17, 15) is 0 Å². The number of aryl methyl sites for hydroxylation is 1. The quantitative estimate of drug-likeness (QED) is 0.387. The second-order valence-electron chi connectivity index (χ2n) is 6.20. The zero-order chi connectivity index (χ0) is 18.0. The van der Waals surface area contributed by atoms with Crippen LogP contribution in [0.5, 0.6) is 0 Å². The van der Waals surface area contributed by atoms with Crippen LogP contribution in [-0.2, 0) is 13.0 Å². The van der Waals surface area contributed by atoms with Gasteiger partial charge in [-0.1, -0.05) is 48.5 Å². The lowest BCUT2D eigenvalue weighted by Gasteiger charge is -2.12. The summed E-state index contributed by atoms with van der Waals surface area (Å²) in [5.74, 6) is 0.862. The summed E-state index contributed by atoms with van der Waals surface area (Å²) in [6.07, 6.45) is 4.00. The van der Waals surface area contributed by atoms with Gasteiger partial charge in [0, 0.05) is 24.7 Å². The van der Waals surface area contributed by atoms with Gasteiger partial charge in [-0.2, -0.15) is 0 Å². The van der Waals surface area contributed by atoms with Gasteiger partial charge in [-0.05, 0) is 43.0 Å². The van der Waals surface area contributed by atoms with Crippen molar-refractivity contribution in [3.8, 4) is 0 Å². The summed E-state index contributed by atoms with van der Waals surface area (Å²) in [5.41, 5.74) is 3.58. The number of fused-ring (bicyclic) bond motifs is 1. The van der Waals surface area contributed by atoms with E-state index >= 15 is 0 Å². The number of hydrogen-bond acceptors (Lipinski definition) is 2. The molecule has 4 heteroatoms. The van der Waals surface area contributed by atoms with Crippen LogP contribution in [0.1, 0.15) is 24.5 Å². The van der Waals surface area contributed by atoms with E-state index in [-0.39, 0.29) is 0 Å². The second-order valence-corrected chi connectivity index (χ2v) is 6.20. The van der Waals surface area contributed by atoms with Gasteiger partial charge in [0.25, 0.3) is 0 Å². The average Bonchev–Trinajstić information content (AvgIpc) is 2.70. The summed E-state index contributed by atoms with van der Waals surface area (Å²) in [4.78, 5) is 9.16. The minimum absolute atomic E-state index is 0.636. The molecule has 0 atom stereocenters. The Hall–Kier alpha value is -2.88. The smallest absolute Gasteiger partial charge is 0.191 e. The Morgan fingerprint density at radius 3 is 2.62 bits per heavy atom. The molecule has 0 aliphatic rings. The predicted octanol–water partition coefficient (Wildman–Crippen LogP) is 3.92. The van der Waals surface area contributed by atoms with E-state index in [1.54, 1.807) is 0 Å². The number of pyridine rings is 1. The van der Waals surface area contributed by atoms with Crippen molar-refractivity contribution in [1.82, 2.24) is 15.6 Å². The molecule has 2 aromatic carbocycles. The van der Waals surface area contributed by atoms with E-state index in [1.807, 2.05) is 30.5 Å². The van der Waals surface area contributed by atoms with Crippen LogP contribution < -0.4 is 10.6 Å². The Bertz CT molecular complexity index is 838. The van der Waals surface area contributed by atoms with Gasteiger partial charge in [0.15, 0.2) is 5.96 Å². The monoisotopic (exact) mass is 346 g/mol. The Morgan fingerprint density at radius 1 is 0.962 bits per heavy atom. The molecule has 0 radical (unpaired) electrons. The molecule has 0 saturated carbocycles. The van der Waals surface area contributed by atoms with Gasteiger partial charge in [-0.3, -0.25) is 4.98 Å². The first-order chi connectivity index (χ1) is 12.9. The third-order valence-electron chi connectivity index (χ3n) is 4.27. The van der Waals surface area contributed by atoms with Crippen LogP contribution in [0.4, 0.5) is 0 Å². The minimum atomic E-state index is 0.636. The molecule has 0 aliphatic heterocycles. The number of para-hydroxylation sites is 1. The number of nitrogens with zero attached hydrogens (tertiary/aromatic N) is 2. The minimum Gasteiger partial charge on any atom is -0.357 e. The molecule has 3 aromatic rings. The van der Waals surface area contributed by atoms with E-state index in [1.165, 1.54) is 16.5 Å². The average molecular weight is 346 g/mol. The van der Waals surface area contributed by atoms with Crippen LogP contribution in [0.3, 0.4) is 0 Å². The fourth-order valence-corrected chi connectivity index (χ4v) is 2.94. The molecule has 3 rings (SSSR count). The van der Waals surface area contributed by atoms with Crippen LogP contribution >= 0.6 is 0 Å². The lowest BCUT2D eigenvalue weighted by molar-refractivity contribution is 0.744. The van der Waals surface area contributed by atoms with E-state index in [0.717, 1.165) is 37.4 Å². The number of benzene rings is 2. The maximum absolute atomic E-state index is 4.75. The van der Waals surface area contributed by atoms with Crippen molar-refractivity contribution >= 4 is 16.9 Å². The number of nitrogens with one attached hydrogen (secondary N) is 2. The number of aromatic nitrogens is 1. The van der Waals surface area contributed by atoms with Crippen molar-refractivity contribution in [2.24, 2.45) is 4.99 Å². The molecule has 0 fully saturated rings. The van der Waals surface area contributed by atoms with Crippen molar-refractivity contribution in [1.29, 1.82) is 0 Å². The highest BCUT2D eigenvalue weighted by Gasteiger charge is 2.02. The third kappa shape index (κ3) is 5.06. The maximum Gasteiger partial charge on any atom is 0.191 e. The van der Waals surface area contributed by atoms with Gasteiger partial charge in [0.05, 0.1) is 12.1 Å². The van der Waals surface area contributed by atoms with Crippen LogP contribution in [0, 0.1) is 0 Å². The van der Waals surface area contributed by atoms with E-state index in [0.29, 0.717) is 6.54 Å². The highest BCUT2D eigenvalue weighted by atomic mass is 15.2. The summed E-state index contributed by atoms with van der Waals surface area (Å²) >= 11 is 0. The normalized spacial score (nSPS) is 11.5. The fourth-order valence-electron chi connectivity index (χ4n) is 2.94. The zero-order valence-corrected chi connectivity index (χ0v) is 15.3. The van der Waals surface area contributed by atoms with Gasteiger partial charge in [0.1, 0.15) is 0 Å². The van der Waals surface area contributed by atoms with E-state index in [4.69, 9.17) is 4.99 Å². The molecule has 2 N–H and O–H groups in total. The Morgan fingerprint density at radius 2 is 1.77 bits per heavy atom. The van der Waals surface area contributed by atoms with E-state index < -0.39 is 0 Å². The summed E-state index contributed by atoms with van der Waals surface area (Å²) < 4.78 is 0. The Balaban J connectivity index is 1.58. The molecule has 0 unspecified atom stereocenters.